The maximum Gasteiger partial charge on any atom is 0.144 e. The summed E-state index contributed by atoms with van der Waals surface area (Å²) < 4.78 is 12.4. The lowest BCUT2D eigenvalue weighted by Crippen LogP contribution is -2.07. The molecular weight excluding hydrogens is 187 g/mol. The second-order valence-corrected chi connectivity index (χ2v) is 10.8. The molecule has 0 heterocycles. The number of hydrogen-bond acceptors (Lipinski definition) is 2. The molecule has 0 saturated carbocycles. The monoisotopic (exact) mass is 208 g/mol. The largest absolute Gasteiger partial charge is 0.312 e. The summed E-state index contributed by atoms with van der Waals surface area (Å²) in [5, 5.41) is 0.473. The van der Waals surface area contributed by atoms with Gasteiger partial charge in [-0.25, -0.2) is 0 Å². The molecule has 0 rings (SSSR count). The molecule has 0 amide bonds. The van der Waals surface area contributed by atoms with Crippen LogP contribution in [0.2, 0.25) is 0 Å². The summed E-state index contributed by atoms with van der Waals surface area (Å²) in [5.74, 6) is 0. The molecule has 0 fully saturated rings. The third-order valence-corrected chi connectivity index (χ3v) is 10.2. The molecule has 1 nitrogen and oxygen atoms in total. The number of rotatable bonds is 4. The van der Waals surface area contributed by atoms with Crippen molar-refractivity contribution in [3.8, 4) is 0 Å². The van der Waals surface area contributed by atoms with E-state index in [1.54, 1.807) is 11.4 Å². The van der Waals surface area contributed by atoms with Crippen molar-refractivity contribution in [1.29, 1.82) is 0 Å². The standard InChI is InChI=1S/C9H21OPS/c1-7(2)11(10,8(3)4)12-9(5)6/h7-9H,1-6H3. The van der Waals surface area contributed by atoms with Crippen LogP contribution in [0.1, 0.15) is 41.5 Å². The van der Waals surface area contributed by atoms with Gasteiger partial charge in [0.2, 0.25) is 0 Å². The van der Waals surface area contributed by atoms with E-state index in [1.807, 2.05) is 0 Å². The van der Waals surface area contributed by atoms with Gasteiger partial charge in [-0.1, -0.05) is 52.9 Å². The molecule has 0 atom stereocenters. The summed E-state index contributed by atoms with van der Waals surface area (Å²) >= 11 is 1.67. The Balaban J connectivity index is 4.53. The van der Waals surface area contributed by atoms with Crippen molar-refractivity contribution in [3.05, 3.63) is 0 Å². The summed E-state index contributed by atoms with van der Waals surface area (Å²) in [6.07, 6.45) is -2.00. The Labute approximate surface area is 80.8 Å². The van der Waals surface area contributed by atoms with Gasteiger partial charge in [0.05, 0.1) is 0 Å². The third kappa shape index (κ3) is 3.14. The molecule has 0 aliphatic heterocycles. The zero-order valence-corrected chi connectivity index (χ0v) is 10.7. The lowest BCUT2D eigenvalue weighted by atomic mass is 10.5. The van der Waals surface area contributed by atoms with Crippen LogP contribution in [0.15, 0.2) is 0 Å². The highest BCUT2D eigenvalue weighted by atomic mass is 32.7. The van der Waals surface area contributed by atoms with E-state index in [1.165, 1.54) is 0 Å². The van der Waals surface area contributed by atoms with Crippen LogP contribution in [0.25, 0.3) is 0 Å². The van der Waals surface area contributed by atoms with Crippen molar-refractivity contribution < 1.29 is 4.57 Å². The van der Waals surface area contributed by atoms with Gasteiger partial charge in [0, 0.05) is 16.6 Å². The van der Waals surface area contributed by atoms with Crippen LogP contribution in [-0.2, 0) is 4.57 Å². The van der Waals surface area contributed by atoms with Crippen LogP contribution in [0.4, 0.5) is 0 Å². The van der Waals surface area contributed by atoms with Crippen LogP contribution in [0.5, 0.6) is 0 Å². The van der Waals surface area contributed by atoms with Crippen LogP contribution >= 0.6 is 17.7 Å². The Morgan fingerprint density at radius 1 is 0.917 bits per heavy atom. The van der Waals surface area contributed by atoms with Crippen molar-refractivity contribution in [2.75, 3.05) is 0 Å². The Hall–Kier alpha value is 0.580. The highest BCUT2D eigenvalue weighted by molar-refractivity contribution is 8.58. The second kappa shape index (κ2) is 4.72. The van der Waals surface area contributed by atoms with E-state index in [0.29, 0.717) is 16.6 Å². The smallest absolute Gasteiger partial charge is 0.144 e. The predicted octanol–water partition coefficient (Wildman–Crippen LogP) is 4.22. The van der Waals surface area contributed by atoms with E-state index in [0.717, 1.165) is 0 Å². The fourth-order valence-corrected chi connectivity index (χ4v) is 6.95. The molecule has 0 unspecified atom stereocenters. The van der Waals surface area contributed by atoms with Crippen LogP contribution in [-0.4, -0.2) is 16.6 Å². The number of hydrogen-bond donors (Lipinski definition) is 0. The summed E-state index contributed by atoms with van der Waals surface area (Å²) in [6.45, 7) is 12.5. The normalized spacial score (nSPS) is 13.4. The van der Waals surface area contributed by atoms with E-state index >= 15 is 0 Å². The predicted molar refractivity (Wildman–Crippen MR) is 60.6 cm³/mol. The zero-order valence-electron chi connectivity index (χ0n) is 9.00. The van der Waals surface area contributed by atoms with Gasteiger partial charge in [-0.3, -0.25) is 0 Å². The first-order chi connectivity index (χ1) is 5.30. The van der Waals surface area contributed by atoms with Gasteiger partial charge in [-0.05, 0) is 0 Å². The minimum Gasteiger partial charge on any atom is -0.312 e. The maximum absolute atomic E-state index is 12.4. The molecule has 0 aromatic heterocycles. The molecule has 0 spiro atoms. The summed E-state index contributed by atoms with van der Waals surface area (Å²) in [6, 6.07) is 0. The fourth-order valence-electron chi connectivity index (χ4n) is 1.17. The topological polar surface area (TPSA) is 17.1 Å². The Morgan fingerprint density at radius 3 is 1.33 bits per heavy atom. The average Bonchev–Trinajstić information content (AvgIpc) is 1.84. The second-order valence-electron chi connectivity index (χ2n) is 3.99. The molecule has 0 aliphatic rings. The van der Waals surface area contributed by atoms with Crippen molar-refractivity contribution in [3.63, 3.8) is 0 Å². The Morgan fingerprint density at radius 2 is 1.25 bits per heavy atom. The van der Waals surface area contributed by atoms with Crippen molar-refractivity contribution in [2.45, 2.75) is 58.1 Å². The molecule has 0 bridgehead atoms. The first kappa shape index (κ1) is 12.6. The van der Waals surface area contributed by atoms with Gasteiger partial charge in [0.1, 0.15) is 6.34 Å². The summed E-state index contributed by atoms with van der Waals surface area (Å²) in [5.41, 5.74) is 0.620. The SMILES string of the molecule is CC(C)SP(=O)(C(C)C)C(C)C. The van der Waals surface area contributed by atoms with Gasteiger partial charge in [0.15, 0.2) is 0 Å². The van der Waals surface area contributed by atoms with Crippen molar-refractivity contribution in [2.24, 2.45) is 0 Å². The molecule has 0 aromatic rings. The molecule has 74 valence electrons. The zero-order chi connectivity index (χ0) is 9.94. The minimum absolute atomic E-state index is 0.310. The third-order valence-electron chi connectivity index (χ3n) is 1.82. The molecule has 0 N–H and O–H groups in total. The molecule has 0 radical (unpaired) electrons. The van der Waals surface area contributed by atoms with Crippen LogP contribution in [0.3, 0.4) is 0 Å². The molecule has 0 aromatic carbocycles. The molecule has 0 aliphatic carbocycles. The highest BCUT2D eigenvalue weighted by Gasteiger charge is 2.31. The van der Waals surface area contributed by atoms with Gasteiger partial charge in [0.25, 0.3) is 0 Å². The lowest BCUT2D eigenvalue weighted by Gasteiger charge is -2.26. The van der Waals surface area contributed by atoms with E-state index < -0.39 is 6.34 Å². The maximum atomic E-state index is 12.4. The van der Waals surface area contributed by atoms with E-state index in [9.17, 15) is 4.57 Å². The summed E-state index contributed by atoms with van der Waals surface area (Å²) in [7, 11) is 0. The molecular formula is C9H21OPS. The lowest BCUT2D eigenvalue weighted by molar-refractivity contribution is 0.573. The van der Waals surface area contributed by atoms with Gasteiger partial charge >= 0.3 is 0 Å². The average molecular weight is 208 g/mol. The van der Waals surface area contributed by atoms with Crippen LogP contribution in [0, 0.1) is 0 Å². The van der Waals surface area contributed by atoms with Gasteiger partial charge in [-0.15, -0.1) is 0 Å². The van der Waals surface area contributed by atoms with Crippen LogP contribution < -0.4 is 0 Å². The van der Waals surface area contributed by atoms with E-state index in [4.69, 9.17) is 0 Å². The summed E-state index contributed by atoms with van der Waals surface area (Å²) in [4.78, 5) is 0. The van der Waals surface area contributed by atoms with E-state index in [2.05, 4.69) is 41.5 Å². The first-order valence-electron chi connectivity index (χ1n) is 4.58. The Bertz CT molecular complexity index is 163. The Kier molecular flexibility index (Phi) is 4.94. The van der Waals surface area contributed by atoms with Crippen molar-refractivity contribution >= 4 is 17.7 Å². The minimum atomic E-state index is -2.00. The molecule has 0 saturated heterocycles. The first-order valence-corrected chi connectivity index (χ1v) is 7.91. The molecule has 12 heavy (non-hydrogen) atoms. The van der Waals surface area contributed by atoms with Gasteiger partial charge in [-0.2, -0.15) is 0 Å². The quantitative estimate of drug-likeness (QED) is 0.643. The fraction of sp³-hybridized carbons (Fsp3) is 1.00. The van der Waals surface area contributed by atoms with Crippen molar-refractivity contribution in [1.82, 2.24) is 0 Å². The van der Waals surface area contributed by atoms with Gasteiger partial charge < -0.3 is 4.57 Å². The molecule has 3 heteroatoms. The van der Waals surface area contributed by atoms with E-state index in [-0.39, 0.29) is 0 Å². The highest BCUT2D eigenvalue weighted by Crippen LogP contribution is 2.67.